The zero-order chi connectivity index (χ0) is 14.1. The average Bonchev–Trinajstić information content (AvgIpc) is 2.80. The summed E-state index contributed by atoms with van der Waals surface area (Å²) in [7, 11) is 0. The molecule has 0 spiro atoms. The van der Waals surface area contributed by atoms with Crippen LogP contribution in [0.5, 0.6) is 0 Å². The van der Waals surface area contributed by atoms with E-state index in [9.17, 15) is 0 Å². The Labute approximate surface area is 123 Å². The van der Waals surface area contributed by atoms with E-state index >= 15 is 0 Å². The number of aromatic nitrogens is 1. The molecule has 3 nitrogen and oxygen atoms in total. The number of nitrogens with zero attached hydrogens (tertiary/aromatic N) is 2. The summed E-state index contributed by atoms with van der Waals surface area (Å²) in [6.45, 7) is 4.10. The lowest BCUT2D eigenvalue weighted by Crippen LogP contribution is -2.34. The molecule has 0 fully saturated rings. The van der Waals surface area contributed by atoms with Crippen molar-refractivity contribution < 1.29 is 0 Å². The lowest BCUT2D eigenvalue weighted by molar-refractivity contribution is 0.936. The van der Waals surface area contributed by atoms with Gasteiger partial charge in [0.15, 0.2) is 0 Å². The topological polar surface area (TPSA) is 42.2 Å². The highest BCUT2D eigenvalue weighted by atomic mass is 32.2. The van der Waals surface area contributed by atoms with Gasteiger partial charge in [-0.2, -0.15) is 0 Å². The number of hydrogen-bond donors (Lipinski definition) is 1. The van der Waals surface area contributed by atoms with Crippen LogP contribution in [0.25, 0.3) is 5.70 Å². The molecule has 0 saturated heterocycles. The average molecular weight is 283 g/mol. The summed E-state index contributed by atoms with van der Waals surface area (Å²) in [4.78, 5) is 6.43. The summed E-state index contributed by atoms with van der Waals surface area (Å²) in [5.74, 6) is 0. The quantitative estimate of drug-likeness (QED) is 0.916. The second kappa shape index (κ2) is 5.31. The fourth-order valence-electron chi connectivity index (χ4n) is 2.36. The van der Waals surface area contributed by atoms with Crippen molar-refractivity contribution in [2.75, 3.05) is 4.90 Å². The molecule has 0 radical (unpaired) electrons. The van der Waals surface area contributed by atoms with E-state index in [2.05, 4.69) is 52.5 Å². The van der Waals surface area contributed by atoms with Crippen LogP contribution in [0.1, 0.15) is 16.8 Å². The van der Waals surface area contributed by atoms with Crippen molar-refractivity contribution in [3.8, 4) is 0 Å². The normalized spacial score (nSPS) is 18.2. The smallest absolute Gasteiger partial charge is 0.134 e. The van der Waals surface area contributed by atoms with Crippen LogP contribution in [0.2, 0.25) is 0 Å². The molecule has 1 aromatic heterocycles. The zero-order valence-corrected chi connectivity index (χ0v) is 12.4. The highest BCUT2D eigenvalue weighted by Crippen LogP contribution is 2.38. The molecular formula is C16H17N3S. The van der Waals surface area contributed by atoms with Gasteiger partial charge in [-0.05, 0) is 49.1 Å². The highest BCUT2D eigenvalue weighted by molar-refractivity contribution is 8.03. The van der Waals surface area contributed by atoms with Crippen LogP contribution in [0.15, 0.2) is 48.0 Å². The van der Waals surface area contributed by atoms with Gasteiger partial charge in [0.25, 0.3) is 0 Å². The maximum Gasteiger partial charge on any atom is 0.134 e. The number of aryl methyl sites for hydroxylation is 2. The van der Waals surface area contributed by atoms with Gasteiger partial charge < -0.3 is 10.6 Å². The Kier molecular flexibility index (Phi) is 3.51. The molecule has 3 rings (SSSR count). The monoisotopic (exact) mass is 283 g/mol. The Balaban J connectivity index is 2.03. The summed E-state index contributed by atoms with van der Waals surface area (Å²) in [6.07, 6.45) is 1.84. The number of nitrogens with two attached hydrogens (primary N) is 1. The molecule has 2 N–H and O–H groups in total. The molecule has 0 saturated carbocycles. The van der Waals surface area contributed by atoms with Gasteiger partial charge >= 0.3 is 0 Å². The first kappa shape index (κ1) is 13.2. The second-order valence-corrected chi connectivity index (χ2v) is 5.92. The van der Waals surface area contributed by atoms with Crippen LogP contribution in [0, 0.1) is 13.8 Å². The van der Waals surface area contributed by atoms with Crippen LogP contribution in [0.3, 0.4) is 0 Å². The van der Waals surface area contributed by atoms with E-state index in [0.717, 1.165) is 22.6 Å². The third kappa shape index (κ3) is 2.44. The van der Waals surface area contributed by atoms with Gasteiger partial charge in [0.2, 0.25) is 0 Å². The molecule has 1 aromatic carbocycles. The first-order valence-electron chi connectivity index (χ1n) is 6.55. The second-order valence-electron chi connectivity index (χ2n) is 4.92. The van der Waals surface area contributed by atoms with Crippen molar-refractivity contribution in [1.82, 2.24) is 4.98 Å². The van der Waals surface area contributed by atoms with E-state index in [1.807, 2.05) is 19.2 Å². The minimum absolute atomic E-state index is 0.0831. The summed E-state index contributed by atoms with van der Waals surface area (Å²) < 4.78 is 0. The molecule has 0 amide bonds. The van der Waals surface area contributed by atoms with E-state index < -0.39 is 0 Å². The van der Waals surface area contributed by atoms with Crippen LogP contribution in [0.4, 0.5) is 5.69 Å². The van der Waals surface area contributed by atoms with Gasteiger partial charge in [-0.3, -0.25) is 4.98 Å². The Bertz CT molecular complexity index is 666. The minimum atomic E-state index is -0.0831. The van der Waals surface area contributed by atoms with Crippen LogP contribution >= 0.6 is 11.8 Å². The maximum absolute atomic E-state index is 6.25. The Morgan fingerprint density at radius 2 is 2.05 bits per heavy atom. The molecule has 2 aromatic rings. The van der Waals surface area contributed by atoms with Gasteiger partial charge in [0.05, 0.1) is 5.70 Å². The van der Waals surface area contributed by atoms with Crippen molar-refractivity contribution in [2.45, 2.75) is 19.3 Å². The molecule has 0 aliphatic carbocycles. The van der Waals surface area contributed by atoms with E-state index in [4.69, 9.17) is 5.73 Å². The molecular weight excluding hydrogens is 266 g/mol. The summed E-state index contributed by atoms with van der Waals surface area (Å²) in [5, 5.41) is 2.13. The summed E-state index contributed by atoms with van der Waals surface area (Å²) in [5.41, 5.74) is 11.8. The maximum atomic E-state index is 6.25. The number of benzene rings is 1. The van der Waals surface area contributed by atoms with Crippen LogP contribution < -0.4 is 10.6 Å². The lowest BCUT2D eigenvalue weighted by atomic mass is 10.1. The molecule has 2 heterocycles. The predicted octanol–water partition coefficient (Wildman–Crippen LogP) is 3.49. The van der Waals surface area contributed by atoms with Gasteiger partial charge in [0.1, 0.15) is 5.50 Å². The molecule has 1 aliphatic heterocycles. The first-order chi connectivity index (χ1) is 9.65. The van der Waals surface area contributed by atoms with Crippen molar-refractivity contribution in [2.24, 2.45) is 5.73 Å². The number of thioether (sulfide) groups is 1. The zero-order valence-electron chi connectivity index (χ0n) is 11.6. The fourth-order valence-corrected chi connectivity index (χ4v) is 3.24. The SMILES string of the molecule is Cc1cccc(N2C(c3ccnc(C)c3)=CSC2N)c1. The Morgan fingerprint density at radius 1 is 1.20 bits per heavy atom. The number of anilines is 1. The van der Waals surface area contributed by atoms with Crippen molar-refractivity contribution in [1.29, 1.82) is 0 Å². The van der Waals surface area contributed by atoms with Crippen molar-refractivity contribution in [3.05, 3.63) is 64.8 Å². The van der Waals surface area contributed by atoms with Gasteiger partial charge in [-0.25, -0.2) is 0 Å². The third-order valence-corrected chi connectivity index (χ3v) is 4.15. The third-order valence-electron chi connectivity index (χ3n) is 3.31. The minimum Gasteiger partial charge on any atom is -0.315 e. The van der Waals surface area contributed by atoms with E-state index in [1.54, 1.807) is 11.8 Å². The molecule has 1 aliphatic rings. The van der Waals surface area contributed by atoms with Crippen molar-refractivity contribution in [3.63, 3.8) is 0 Å². The predicted molar refractivity (Wildman–Crippen MR) is 86.2 cm³/mol. The van der Waals surface area contributed by atoms with Crippen LogP contribution in [-0.4, -0.2) is 10.5 Å². The summed E-state index contributed by atoms with van der Waals surface area (Å²) in [6, 6.07) is 12.5. The molecule has 1 atom stereocenters. The van der Waals surface area contributed by atoms with E-state index in [1.165, 1.54) is 5.56 Å². The van der Waals surface area contributed by atoms with E-state index in [0.29, 0.717) is 0 Å². The van der Waals surface area contributed by atoms with Crippen LogP contribution in [-0.2, 0) is 0 Å². The molecule has 4 heteroatoms. The Hall–Kier alpha value is -1.78. The molecule has 0 bridgehead atoms. The fraction of sp³-hybridized carbons (Fsp3) is 0.188. The highest BCUT2D eigenvalue weighted by Gasteiger charge is 2.26. The lowest BCUT2D eigenvalue weighted by Gasteiger charge is -2.27. The number of pyridine rings is 1. The first-order valence-corrected chi connectivity index (χ1v) is 7.49. The standard InChI is InChI=1S/C16H17N3S/c1-11-4-3-5-14(8-11)19-15(10-20-16(19)17)13-6-7-18-12(2)9-13/h3-10,16H,17H2,1-2H3. The number of rotatable bonds is 2. The van der Waals surface area contributed by atoms with Gasteiger partial charge in [-0.1, -0.05) is 23.9 Å². The van der Waals surface area contributed by atoms with E-state index in [-0.39, 0.29) is 5.50 Å². The molecule has 1 unspecified atom stereocenters. The Morgan fingerprint density at radius 3 is 2.80 bits per heavy atom. The van der Waals surface area contributed by atoms with Gasteiger partial charge in [-0.15, -0.1) is 0 Å². The molecule has 102 valence electrons. The largest absolute Gasteiger partial charge is 0.315 e. The summed E-state index contributed by atoms with van der Waals surface area (Å²) >= 11 is 1.64. The van der Waals surface area contributed by atoms with Gasteiger partial charge in [0, 0.05) is 23.1 Å². The number of hydrogen-bond acceptors (Lipinski definition) is 4. The van der Waals surface area contributed by atoms with Crippen molar-refractivity contribution >= 4 is 23.1 Å². The molecule has 20 heavy (non-hydrogen) atoms.